The van der Waals surface area contributed by atoms with Gasteiger partial charge in [0.15, 0.2) is 0 Å². The van der Waals surface area contributed by atoms with E-state index in [1.54, 1.807) is 17.8 Å². The maximum absolute atomic E-state index is 11.8. The van der Waals surface area contributed by atoms with E-state index in [0.29, 0.717) is 16.5 Å². The monoisotopic (exact) mass is 317 g/mol. The first kappa shape index (κ1) is 13.8. The Morgan fingerprint density at radius 1 is 1.19 bits per heavy atom. The van der Waals surface area contributed by atoms with Crippen molar-refractivity contribution >= 4 is 35.0 Å². The van der Waals surface area contributed by atoms with Crippen LogP contribution >= 0.6 is 23.1 Å². The van der Waals surface area contributed by atoms with Crippen LogP contribution in [0.4, 0.5) is 6.01 Å². The summed E-state index contributed by atoms with van der Waals surface area (Å²) in [6.45, 7) is 0. The third kappa shape index (κ3) is 3.71. The van der Waals surface area contributed by atoms with Crippen LogP contribution < -0.4 is 5.32 Å². The van der Waals surface area contributed by atoms with Crippen molar-refractivity contribution < 1.29 is 9.21 Å². The van der Waals surface area contributed by atoms with Gasteiger partial charge in [0, 0.05) is 4.90 Å². The minimum Gasteiger partial charge on any atom is -0.407 e. The number of hydrogen-bond donors (Lipinski definition) is 1. The van der Waals surface area contributed by atoms with Crippen molar-refractivity contribution in [2.24, 2.45) is 0 Å². The molecule has 1 N–H and O–H groups in total. The normalized spacial score (nSPS) is 10.5. The molecule has 106 valence electrons. The van der Waals surface area contributed by atoms with Crippen LogP contribution in [0, 0.1) is 0 Å². The minimum atomic E-state index is -0.240. The standard InChI is InChI=1S/C14H11N3O2S2/c18-13(11-7-4-8-20-11)15-14-17-16-12(19-14)9-21-10-5-2-1-3-6-10/h1-8H,9H2,(H,15,17,18). The van der Waals surface area contributed by atoms with Crippen LogP contribution in [0.1, 0.15) is 15.6 Å². The van der Waals surface area contributed by atoms with E-state index in [4.69, 9.17) is 4.42 Å². The molecular formula is C14H11N3O2S2. The average Bonchev–Trinajstić information content (AvgIpc) is 3.18. The van der Waals surface area contributed by atoms with Crippen molar-refractivity contribution in [1.82, 2.24) is 10.2 Å². The van der Waals surface area contributed by atoms with E-state index in [2.05, 4.69) is 15.5 Å². The number of anilines is 1. The predicted molar refractivity (Wildman–Crippen MR) is 82.6 cm³/mol. The molecule has 2 aromatic heterocycles. The fourth-order valence-electron chi connectivity index (χ4n) is 1.59. The lowest BCUT2D eigenvalue weighted by molar-refractivity contribution is 0.102. The van der Waals surface area contributed by atoms with Crippen molar-refractivity contribution in [3.05, 3.63) is 58.6 Å². The maximum atomic E-state index is 11.8. The van der Waals surface area contributed by atoms with Crippen LogP contribution in [-0.2, 0) is 5.75 Å². The number of nitrogens with one attached hydrogen (secondary N) is 1. The Bertz CT molecular complexity index is 711. The molecule has 3 aromatic rings. The predicted octanol–water partition coefficient (Wildman–Crippen LogP) is 3.68. The van der Waals surface area contributed by atoms with Crippen molar-refractivity contribution in [3.8, 4) is 0 Å². The van der Waals surface area contributed by atoms with E-state index < -0.39 is 0 Å². The highest BCUT2D eigenvalue weighted by Crippen LogP contribution is 2.22. The molecular weight excluding hydrogens is 306 g/mol. The summed E-state index contributed by atoms with van der Waals surface area (Å²) in [6, 6.07) is 13.6. The highest BCUT2D eigenvalue weighted by molar-refractivity contribution is 7.98. The molecule has 3 rings (SSSR count). The number of benzene rings is 1. The summed E-state index contributed by atoms with van der Waals surface area (Å²) in [5.41, 5.74) is 0. The van der Waals surface area contributed by atoms with E-state index in [-0.39, 0.29) is 11.9 Å². The van der Waals surface area contributed by atoms with Crippen molar-refractivity contribution in [1.29, 1.82) is 0 Å². The molecule has 0 saturated heterocycles. The fraction of sp³-hybridized carbons (Fsp3) is 0.0714. The summed E-state index contributed by atoms with van der Waals surface area (Å²) in [7, 11) is 0. The molecule has 0 saturated carbocycles. The fourth-order valence-corrected chi connectivity index (χ4v) is 2.97. The quantitative estimate of drug-likeness (QED) is 0.727. The zero-order chi connectivity index (χ0) is 14.5. The smallest absolute Gasteiger partial charge is 0.322 e. The Labute approximate surface area is 129 Å². The lowest BCUT2D eigenvalue weighted by Gasteiger charge is -1.97. The number of rotatable bonds is 5. The molecule has 7 heteroatoms. The van der Waals surface area contributed by atoms with E-state index in [9.17, 15) is 4.79 Å². The first-order chi connectivity index (χ1) is 10.3. The molecule has 1 amide bonds. The van der Waals surface area contributed by atoms with Gasteiger partial charge in [0.05, 0.1) is 10.6 Å². The van der Waals surface area contributed by atoms with Gasteiger partial charge in [-0.3, -0.25) is 10.1 Å². The van der Waals surface area contributed by atoms with Gasteiger partial charge in [0.2, 0.25) is 5.89 Å². The zero-order valence-electron chi connectivity index (χ0n) is 10.9. The molecule has 1 aromatic carbocycles. The molecule has 0 atom stereocenters. The van der Waals surface area contributed by atoms with Crippen molar-refractivity contribution in [2.45, 2.75) is 10.6 Å². The highest BCUT2D eigenvalue weighted by Gasteiger charge is 2.12. The van der Waals surface area contributed by atoms with Gasteiger partial charge in [-0.15, -0.1) is 28.2 Å². The minimum absolute atomic E-state index is 0.122. The van der Waals surface area contributed by atoms with E-state index >= 15 is 0 Å². The summed E-state index contributed by atoms with van der Waals surface area (Å²) in [5.74, 6) is 0.799. The first-order valence-electron chi connectivity index (χ1n) is 6.16. The van der Waals surface area contributed by atoms with Gasteiger partial charge in [0.25, 0.3) is 5.91 Å². The molecule has 0 fully saturated rings. The molecule has 0 bridgehead atoms. The highest BCUT2D eigenvalue weighted by atomic mass is 32.2. The van der Waals surface area contributed by atoms with Gasteiger partial charge in [-0.1, -0.05) is 29.4 Å². The van der Waals surface area contributed by atoms with E-state index in [1.165, 1.54) is 11.3 Å². The second-order valence-corrected chi connectivity index (χ2v) is 6.03. The average molecular weight is 317 g/mol. The molecule has 0 spiro atoms. The Kier molecular flexibility index (Phi) is 4.32. The van der Waals surface area contributed by atoms with Crippen LogP contribution in [-0.4, -0.2) is 16.1 Å². The van der Waals surface area contributed by atoms with E-state index in [1.807, 2.05) is 41.8 Å². The number of thiophene rings is 1. The van der Waals surface area contributed by atoms with E-state index in [0.717, 1.165) is 4.90 Å². The number of aromatic nitrogens is 2. The zero-order valence-corrected chi connectivity index (χ0v) is 12.5. The van der Waals surface area contributed by atoms with Gasteiger partial charge in [-0.2, -0.15) is 0 Å². The molecule has 21 heavy (non-hydrogen) atoms. The number of hydrogen-bond acceptors (Lipinski definition) is 6. The van der Waals surface area contributed by atoms with Crippen LogP contribution in [0.5, 0.6) is 0 Å². The molecule has 0 aliphatic rings. The van der Waals surface area contributed by atoms with Gasteiger partial charge in [-0.05, 0) is 23.6 Å². The maximum Gasteiger partial charge on any atom is 0.322 e. The SMILES string of the molecule is O=C(Nc1nnc(CSc2ccccc2)o1)c1cccs1. The number of carbonyl (C=O) groups is 1. The van der Waals surface area contributed by atoms with Crippen LogP contribution in [0.15, 0.2) is 57.2 Å². The van der Waals surface area contributed by atoms with Gasteiger partial charge in [-0.25, -0.2) is 0 Å². The van der Waals surface area contributed by atoms with Crippen molar-refractivity contribution in [2.75, 3.05) is 5.32 Å². The second-order valence-electron chi connectivity index (χ2n) is 4.03. The summed E-state index contributed by atoms with van der Waals surface area (Å²) in [4.78, 5) is 13.6. The Morgan fingerprint density at radius 2 is 2.05 bits per heavy atom. The third-order valence-electron chi connectivity index (χ3n) is 2.54. The number of thioether (sulfide) groups is 1. The molecule has 5 nitrogen and oxygen atoms in total. The molecule has 0 unspecified atom stereocenters. The molecule has 0 aliphatic carbocycles. The summed E-state index contributed by atoms with van der Waals surface area (Å²) >= 11 is 2.96. The molecule has 2 heterocycles. The molecule has 0 radical (unpaired) electrons. The second kappa shape index (κ2) is 6.55. The lowest BCUT2D eigenvalue weighted by atomic mass is 10.4. The largest absolute Gasteiger partial charge is 0.407 e. The third-order valence-corrected chi connectivity index (χ3v) is 4.40. The lowest BCUT2D eigenvalue weighted by Crippen LogP contribution is -2.10. The number of nitrogens with zero attached hydrogens (tertiary/aromatic N) is 2. The Hall–Kier alpha value is -2.12. The summed E-state index contributed by atoms with van der Waals surface area (Å²) in [5, 5.41) is 12.2. The van der Waals surface area contributed by atoms with Gasteiger partial charge in [0.1, 0.15) is 0 Å². The molecule has 0 aliphatic heterocycles. The first-order valence-corrected chi connectivity index (χ1v) is 8.03. The summed E-state index contributed by atoms with van der Waals surface area (Å²) in [6.07, 6.45) is 0. The topological polar surface area (TPSA) is 68.0 Å². The van der Waals surface area contributed by atoms with Gasteiger partial charge < -0.3 is 4.42 Å². The Morgan fingerprint density at radius 3 is 2.81 bits per heavy atom. The van der Waals surface area contributed by atoms with Gasteiger partial charge >= 0.3 is 6.01 Å². The van der Waals surface area contributed by atoms with Crippen LogP contribution in [0.2, 0.25) is 0 Å². The number of carbonyl (C=O) groups excluding carboxylic acids is 1. The Balaban J connectivity index is 1.57. The van der Waals surface area contributed by atoms with Crippen LogP contribution in [0.25, 0.3) is 0 Å². The number of amides is 1. The van der Waals surface area contributed by atoms with Crippen molar-refractivity contribution in [3.63, 3.8) is 0 Å². The summed E-state index contributed by atoms with van der Waals surface area (Å²) < 4.78 is 5.40. The van der Waals surface area contributed by atoms with Crippen LogP contribution in [0.3, 0.4) is 0 Å².